The van der Waals surface area contributed by atoms with Crippen molar-refractivity contribution in [1.29, 1.82) is 0 Å². The van der Waals surface area contributed by atoms with E-state index in [1.165, 1.54) is 23.9 Å². The van der Waals surface area contributed by atoms with Gasteiger partial charge < -0.3 is 0 Å². The van der Waals surface area contributed by atoms with Gasteiger partial charge in [0.25, 0.3) is 0 Å². The second-order valence-corrected chi connectivity index (χ2v) is 9.27. The third-order valence-corrected chi connectivity index (χ3v) is 5.99. The van der Waals surface area contributed by atoms with E-state index in [4.69, 9.17) is 0 Å². The zero-order chi connectivity index (χ0) is 17.4. The number of nitrogens with one attached hydrogen (secondary N) is 3. The van der Waals surface area contributed by atoms with Crippen molar-refractivity contribution < 1.29 is 8.42 Å². The van der Waals surface area contributed by atoms with Crippen molar-refractivity contribution in [3.63, 3.8) is 0 Å². The van der Waals surface area contributed by atoms with Crippen LogP contribution < -0.4 is 24.4 Å². The van der Waals surface area contributed by atoms with Crippen molar-refractivity contribution in [2.75, 3.05) is 10.0 Å². The number of benzene rings is 1. The van der Waals surface area contributed by atoms with Crippen LogP contribution in [0.2, 0.25) is 0 Å². The van der Waals surface area contributed by atoms with Crippen LogP contribution in [0, 0.1) is 0 Å². The van der Waals surface area contributed by atoms with Crippen LogP contribution in [-0.4, -0.2) is 14.0 Å². The summed E-state index contributed by atoms with van der Waals surface area (Å²) in [7, 11) is -3.66. The monoisotopic (exact) mass is 385 g/mol. The molecule has 0 bridgehead atoms. The molecule has 2 heterocycles. The molecule has 0 atom stereocenters. The molecule has 130 valence electrons. The first-order valence-electron chi connectivity index (χ1n) is 7.19. The molecule has 0 amide bonds. The predicted octanol–water partition coefficient (Wildman–Crippen LogP) is 2.65. The predicted molar refractivity (Wildman–Crippen MR) is 101 cm³/mol. The Morgan fingerprint density at radius 3 is 2.21 bits per heavy atom. The molecule has 0 aliphatic carbocycles. The molecule has 0 radical (unpaired) electrons. The Morgan fingerprint density at radius 1 is 1.04 bits per heavy atom. The van der Waals surface area contributed by atoms with E-state index in [0.717, 1.165) is 5.69 Å². The van der Waals surface area contributed by atoms with Crippen LogP contribution in [0.5, 0.6) is 0 Å². The quantitative estimate of drug-likeness (QED) is 0.683. The molecule has 3 rings (SSSR count). The molecule has 2 aliphatic heterocycles. The van der Waals surface area contributed by atoms with Crippen molar-refractivity contribution in [1.82, 2.24) is 14.4 Å². The number of nitrogens with zero attached hydrogens (tertiary/aromatic N) is 2. The highest BCUT2D eigenvalue weighted by Gasteiger charge is 2.27. The highest BCUT2D eigenvalue weighted by molar-refractivity contribution is 8.00. The van der Waals surface area contributed by atoms with Crippen LogP contribution >= 0.6 is 23.9 Å². The summed E-state index contributed by atoms with van der Waals surface area (Å²) in [6, 6.07) is 5.22. The molecule has 0 saturated heterocycles. The van der Waals surface area contributed by atoms with E-state index in [9.17, 15) is 8.42 Å². The lowest BCUT2D eigenvalue weighted by molar-refractivity contribution is 0.491. The van der Waals surface area contributed by atoms with Gasteiger partial charge in [-0.1, -0.05) is 0 Å². The highest BCUT2D eigenvalue weighted by atomic mass is 32.2. The first-order chi connectivity index (χ1) is 11.3. The molecule has 7 nitrogen and oxygen atoms in total. The molecule has 1 aromatic rings. The third-order valence-electron chi connectivity index (χ3n) is 3.07. The minimum atomic E-state index is -3.66. The van der Waals surface area contributed by atoms with E-state index >= 15 is 0 Å². The summed E-state index contributed by atoms with van der Waals surface area (Å²) in [5.41, 5.74) is 0.832. The highest BCUT2D eigenvalue weighted by Crippen LogP contribution is 2.33. The van der Waals surface area contributed by atoms with Crippen LogP contribution in [0.15, 0.2) is 46.3 Å². The van der Waals surface area contributed by atoms with Crippen molar-refractivity contribution in [3.8, 4) is 0 Å². The molecule has 2 aliphatic rings. The molecular weight excluding hydrogens is 366 g/mol. The van der Waals surface area contributed by atoms with Gasteiger partial charge >= 0.3 is 0 Å². The van der Waals surface area contributed by atoms with Crippen LogP contribution in [0.3, 0.4) is 0 Å². The van der Waals surface area contributed by atoms with Gasteiger partial charge in [0.2, 0.25) is 10.0 Å². The lowest BCUT2D eigenvalue weighted by Crippen LogP contribution is -2.41. The average molecular weight is 386 g/mol. The number of sulfonamides is 1. The minimum Gasteiger partial charge on any atom is -0.274 e. The Balaban J connectivity index is 2.04. The maximum atomic E-state index is 12.8. The number of anilines is 2. The number of hydrogen-bond acceptors (Lipinski definition) is 8. The van der Waals surface area contributed by atoms with E-state index in [2.05, 4.69) is 14.4 Å². The van der Waals surface area contributed by atoms with E-state index in [-0.39, 0.29) is 4.90 Å². The summed E-state index contributed by atoms with van der Waals surface area (Å²) in [5, 5.41) is 7.28. The summed E-state index contributed by atoms with van der Waals surface area (Å²) in [4.78, 5) is 6.37. The summed E-state index contributed by atoms with van der Waals surface area (Å²) in [6.45, 7) is 5.45. The van der Waals surface area contributed by atoms with Gasteiger partial charge in [-0.05, 0) is 62.9 Å². The largest absolute Gasteiger partial charge is 0.274 e. The van der Waals surface area contributed by atoms with Crippen molar-refractivity contribution in [2.45, 2.75) is 31.2 Å². The molecular formula is C14H19N5O2S3. The van der Waals surface area contributed by atoms with E-state index in [1.807, 2.05) is 48.9 Å². The van der Waals surface area contributed by atoms with E-state index in [1.54, 1.807) is 23.3 Å². The summed E-state index contributed by atoms with van der Waals surface area (Å²) < 4.78 is 28.3. The van der Waals surface area contributed by atoms with Gasteiger partial charge in [0.15, 0.2) is 0 Å². The van der Waals surface area contributed by atoms with E-state index in [0.29, 0.717) is 5.69 Å². The molecule has 0 unspecified atom stereocenters. The van der Waals surface area contributed by atoms with Crippen LogP contribution in [-0.2, 0) is 10.0 Å². The first-order valence-corrected chi connectivity index (χ1v) is 10.4. The van der Waals surface area contributed by atoms with Crippen LogP contribution in [0.1, 0.15) is 20.8 Å². The summed E-state index contributed by atoms with van der Waals surface area (Å²) in [6.07, 6.45) is 3.68. The lowest BCUT2D eigenvalue weighted by atomic mass is 10.1. The van der Waals surface area contributed by atoms with Gasteiger partial charge in [-0.15, -0.1) is 0 Å². The Morgan fingerprint density at radius 2 is 1.67 bits per heavy atom. The smallest absolute Gasteiger partial charge is 0.243 e. The zero-order valence-electron chi connectivity index (χ0n) is 13.5. The Kier molecular flexibility index (Phi) is 4.87. The lowest BCUT2D eigenvalue weighted by Gasteiger charge is -2.25. The van der Waals surface area contributed by atoms with Crippen LogP contribution in [0.4, 0.5) is 11.4 Å². The Labute approximate surface area is 150 Å². The number of hydrazine groups is 2. The second-order valence-electron chi connectivity index (χ2n) is 6.24. The van der Waals surface area contributed by atoms with Gasteiger partial charge in [-0.2, -0.15) is 9.66 Å². The molecule has 0 saturated carbocycles. The maximum Gasteiger partial charge on any atom is 0.243 e. The summed E-state index contributed by atoms with van der Waals surface area (Å²) in [5.74, 6) is 0. The molecule has 24 heavy (non-hydrogen) atoms. The van der Waals surface area contributed by atoms with Crippen molar-refractivity contribution in [2.24, 2.45) is 0 Å². The van der Waals surface area contributed by atoms with Gasteiger partial charge in [-0.3, -0.25) is 10.0 Å². The zero-order valence-corrected chi connectivity index (χ0v) is 15.9. The normalized spacial score (nSPS) is 18.0. The number of rotatable bonds is 4. The van der Waals surface area contributed by atoms with Gasteiger partial charge in [-0.25, -0.2) is 13.1 Å². The fraction of sp³-hybridized carbons (Fsp3) is 0.286. The van der Waals surface area contributed by atoms with Crippen molar-refractivity contribution >= 4 is 45.3 Å². The Bertz CT molecular complexity index is 786. The maximum absolute atomic E-state index is 12.8. The fourth-order valence-electron chi connectivity index (χ4n) is 2.22. The van der Waals surface area contributed by atoms with Crippen molar-refractivity contribution in [3.05, 3.63) is 41.4 Å². The molecule has 0 fully saturated rings. The van der Waals surface area contributed by atoms with Gasteiger partial charge in [0.05, 0.1) is 11.4 Å². The number of hydrogen-bond donors (Lipinski definition) is 3. The summed E-state index contributed by atoms with van der Waals surface area (Å²) >= 11 is 2.83. The molecule has 10 heteroatoms. The SMILES string of the molecule is CC(C)(C)NS(=O)(=O)c1ccc(N2C=CSN2)cc1N1C=CSN1. The average Bonchev–Trinajstić information content (AvgIpc) is 3.18. The second kappa shape index (κ2) is 6.62. The standard InChI is InChI=1S/C14H19N5O2S3/c1-14(2,3)15-24(20,21)13-5-4-11(18-6-8-22-16-18)10-12(13)19-7-9-23-17-19/h4-10,15-17H,1-3H3. The van der Waals surface area contributed by atoms with Gasteiger partial charge in [0.1, 0.15) is 4.90 Å². The molecule has 0 aromatic heterocycles. The van der Waals surface area contributed by atoms with Gasteiger partial charge in [0, 0.05) is 28.8 Å². The van der Waals surface area contributed by atoms with Crippen LogP contribution in [0.25, 0.3) is 0 Å². The molecule has 0 spiro atoms. The third kappa shape index (κ3) is 3.90. The minimum absolute atomic E-state index is 0.219. The fourth-order valence-corrected chi connectivity index (χ4v) is 4.85. The molecule has 3 N–H and O–H groups in total. The molecule has 1 aromatic carbocycles. The topological polar surface area (TPSA) is 76.7 Å². The Hall–Kier alpha value is -1.17. The first kappa shape index (κ1) is 17.6. The van der Waals surface area contributed by atoms with E-state index < -0.39 is 15.6 Å².